The van der Waals surface area contributed by atoms with Gasteiger partial charge in [0.15, 0.2) is 0 Å². The van der Waals surface area contributed by atoms with E-state index in [1.807, 2.05) is 6.92 Å². The lowest BCUT2D eigenvalue weighted by Crippen LogP contribution is -2.35. The first-order valence-electron chi connectivity index (χ1n) is 6.42. The fourth-order valence-electron chi connectivity index (χ4n) is 2.33. The number of carbonyl (C=O) groups is 2. The number of rotatable bonds is 3. The van der Waals surface area contributed by atoms with Gasteiger partial charge in [0.1, 0.15) is 5.56 Å². The molecule has 1 atom stereocenters. The number of carboxylic acids is 1. The highest BCUT2D eigenvalue weighted by atomic mass is 16.5. The van der Waals surface area contributed by atoms with Crippen LogP contribution >= 0.6 is 0 Å². The molecule has 0 bridgehead atoms. The van der Waals surface area contributed by atoms with E-state index in [4.69, 9.17) is 4.74 Å². The number of pyridine rings is 1. The molecule has 1 N–H and O–H groups in total. The van der Waals surface area contributed by atoms with Crippen LogP contribution in [0, 0.1) is 12.3 Å². The fraction of sp³-hybridized carbons (Fsp3) is 0.500. The molecule has 1 saturated heterocycles. The standard InChI is InChI=1S/C14H18N2O4/c1-9-4-5-10(11(15-9)20-3)12(17)16-7-6-14(2,8-16)13(18)19/h4-5H,6-8H2,1-3H3,(H,18,19). The van der Waals surface area contributed by atoms with Gasteiger partial charge in [0.2, 0.25) is 5.88 Å². The number of likely N-dealkylation sites (tertiary alicyclic amines) is 1. The van der Waals surface area contributed by atoms with Crippen LogP contribution in [0.1, 0.15) is 29.4 Å². The summed E-state index contributed by atoms with van der Waals surface area (Å²) in [6.45, 7) is 4.11. The molecule has 1 aromatic rings. The van der Waals surface area contributed by atoms with Crippen LogP contribution in [0.5, 0.6) is 5.88 Å². The minimum Gasteiger partial charge on any atom is -0.481 e. The summed E-state index contributed by atoms with van der Waals surface area (Å²) in [6, 6.07) is 3.40. The Kier molecular flexibility index (Phi) is 3.65. The third-order valence-electron chi connectivity index (χ3n) is 3.70. The van der Waals surface area contributed by atoms with Crippen molar-refractivity contribution < 1.29 is 19.4 Å². The van der Waals surface area contributed by atoms with Crippen molar-refractivity contribution in [3.63, 3.8) is 0 Å². The molecule has 20 heavy (non-hydrogen) atoms. The molecule has 0 aliphatic carbocycles. The van der Waals surface area contributed by atoms with E-state index >= 15 is 0 Å². The summed E-state index contributed by atoms with van der Waals surface area (Å²) in [7, 11) is 1.46. The molecule has 1 aliphatic rings. The molecule has 2 rings (SSSR count). The first kappa shape index (κ1) is 14.3. The Bertz CT molecular complexity index is 558. The average Bonchev–Trinajstić information content (AvgIpc) is 2.82. The molecular formula is C14H18N2O4. The molecule has 1 amide bonds. The number of carbonyl (C=O) groups excluding carboxylic acids is 1. The molecule has 1 aromatic heterocycles. The van der Waals surface area contributed by atoms with Crippen LogP contribution in [0.4, 0.5) is 0 Å². The van der Waals surface area contributed by atoms with E-state index in [0.717, 1.165) is 5.69 Å². The number of hydrogen-bond donors (Lipinski definition) is 1. The Morgan fingerprint density at radius 2 is 2.15 bits per heavy atom. The number of methoxy groups -OCH3 is 1. The summed E-state index contributed by atoms with van der Waals surface area (Å²) in [5.41, 5.74) is 0.254. The number of aromatic nitrogens is 1. The van der Waals surface area contributed by atoms with Crippen molar-refractivity contribution in [1.82, 2.24) is 9.88 Å². The summed E-state index contributed by atoms with van der Waals surface area (Å²) in [5.74, 6) is -0.833. The lowest BCUT2D eigenvalue weighted by molar-refractivity contribution is -0.147. The number of aryl methyl sites for hydroxylation is 1. The van der Waals surface area contributed by atoms with E-state index in [-0.39, 0.29) is 18.3 Å². The number of ether oxygens (including phenoxy) is 1. The zero-order valence-corrected chi connectivity index (χ0v) is 11.8. The van der Waals surface area contributed by atoms with Crippen LogP contribution in [-0.4, -0.2) is 47.1 Å². The Hall–Kier alpha value is -2.11. The van der Waals surface area contributed by atoms with Crippen molar-refractivity contribution in [1.29, 1.82) is 0 Å². The van der Waals surface area contributed by atoms with Crippen molar-refractivity contribution in [2.45, 2.75) is 20.3 Å². The summed E-state index contributed by atoms with van der Waals surface area (Å²) in [6.07, 6.45) is 0.454. The lowest BCUT2D eigenvalue weighted by Gasteiger charge is -2.20. The van der Waals surface area contributed by atoms with Crippen LogP contribution in [-0.2, 0) is 4.79 Å². The zero-order chi connectivity index (χ0) is 14.9. The second kappa shape index (κ2) is 5.11. The number of hydrogen-bond acceptors (Lipinski definition) is 4. The maximum Gasteiger partial charge on any atom is 0.311 e. The maximum atomic E-state index is 12.5. The van der Waals surface area contributed by atoms with Crippen molar-refractivity contribution >= 4 is 11.9 Å². The fourth-order valence-corrected chi connectivity index (χ4v) is 2.33. The van der Waals surface area contributed by atoms with Gasteiger partial charge >= 0.3 is 5.97 Å². The van der Waals surface area contributed by atoms with E-state index in [2.05, 4.69) is 4.98 Å². The number of amides is 1. The Morgan fingerprint density at radius 3 is 2.70 bits per heavy atom. The SMILES string of the molecule is COc1nc(C)ccc1C(=O)N1CCC(C)(C(=O)O)C1. The summed E-state index contributed by atoms with van der Waals surface area (Å²) in [5, 5.41) is 9.20. The Morgan fingerprint density at radius 1 is 1.45 bits per heavy atom. The Labute approximate surface area is 117 Å². The van der Waals surface area contributed by atoms with E-state index in [1.54, 1.807) is 24.0 Å². The highest BCUT2D eigenvalue weighted by molar-refractivity contribution is 5.97. The van der Waals surface area contributed by atoms with Crippen molar-refractivity contribution in [3.05, 3.63) is 23.4 Å². The van der Waals surface area contributed by atoms with Gasteiger partial charge in [-0.1, -0.05) is 0 Å². The average molecular weight is 278 g/mol. The summed E-state index contributed by atoms with van der Waals surface area (Å²) < 4.78 is 5.13. The van der Waals surface area contributed by atoms with Gasteiger partial charge in [-0.15, -0.1) is 0 Å². The van der Waals surface area contributed by atoms with E-state index in [1.165, 1.54) is 7.11 Å². The highest BCUT2D eigenvalue weighted by Crippen LogP contribution is 2.32. The highest BCUT2D eigenvalue weighted by Gasteiger charge is 2.42. The maximum absolute atomic E-state index is 12.5. The van der Waals surface area contributed by atoms with Gasteiger partial charge in [0.25, 0.3) is 5.91 Å². The predicted molar refractivity (Wildman–Crippen MR) is 71.8 cm³/mol. The largest absolute Gasteiger partial charge is 0.481 e. The first-order valence-corrected chi connectivity index (χ1v) is 6.42. The molecule has 0 spiro atoms. The van der Waals surface area contributed by atoms with Crippen LogP contribution in [0.15, 0.2) is 12.1 Å². The molecule has 0 aromatic carbocycles. The number of nitrogens with zero attached hydrogens (tertiary/aromatic N) is 2. The van der Waals surface area contributed by atoms with Crippen molar-refractivity contribution in [3.8, 4) is 5.88 Å². The van der Waals surface area contributed by atoms with E-state index in [9.17, 15) is 14.7 Å². The summed E-state index contributed by atoms with van der Waals surface area (Å²) in [4.78, 5) is 29.4. The van der Waals surface area contributed by atoms with Gasteiger partial charge in [0, 0.05) is 18.8 Å². The molecule has 2 heterocycles. The van der Waals surface area contributed by atoms with Gasteiger partial charge in [0.05, 0.1) is 12.5 Å². The van der Waals surface area contributed by atoms with Crippen molar-refractivity contribution in [2.75, 3.05) is 20.2 Å². The minimum atomic E-state index is -0.874. The Balaban J connectivity index is 2.23. The monoisotopic (exact) mass is 278 g/mol. The first-order chi connectivity index (χ1) is 9.37. The van der Waals surface area contributed by atoms with Crippen LogP contribution in [0.3, 0.4) is 0 Å². The zero-order valence-electron chi connectivity index (χ0n) is 11.8. The molecule has 6 heteroatoms. The quantitative estimate of drug-likeness (QED) is 0.902. The van der Waals surface area contributed by atoms with Gasteiger partial charge < -0.3 is 14.7 Å². The lowest BCUT2D eigenvalue weighted by atomic mass is 9.90. The second-order valence-electron chi connectivity index (χ2n) is 5.35. The molecular weight excluding hydrogens is 260 g/mol. The van der Waals surface area contributed by atoms with E-state index < -0.39 is 11.4 Å². The molecule has 108 valence electrons. The molecule has 6 nitrogen and oxygen atoms in total. The molecule has 1 fully saturated rings. The topological polar surface area (TPSA) is 79.7 Å². The van der Waals surface area contributed by atoms with Gasteiger partial charge in [-0.25, -0.2) is 4.98 Å². The van der Waals surface area contributed by atoms with Crippen LogP contribution in [0.2, 0.25) is 0 Å². The van der Waals surface area contributed by atoms with E-state index in [0.29, 0.717) is 18.5 Å². The van der Waals surface area contributed by atoms with Crippen LogP contribution in [0.25, 0.3) is 0 Å². The third-order valence-corrected chi connectivity index (χ3v) is 3.70. The van der Waals surface area contributed by atoms with Crippen molar-refractivity contribution in [2.24, 2.45) is 5.41 Å². The molecule has 1 unspecified atom stereocenters. The smallest absolute Gasteiger partial charge is 0.311 e. The molecule has 0 saturated carbocycles. The van der Waals surface area contributed by atoms with Gasteiger partial charge in [-0.05, 0) is 32.4 Å². The van der Waals surface area contributed by atoms with Gasteiger partial charge in [-0.2, -0.15) is 0 Å². The third kappa shape index (κ3) is 2.45. The molecule has 1 aliphatic heterocycles. The second-order valence-corrected chi connectivity index (χ2v) is 5.35. The predicted octanol–water partition coefficient (Wildman–Crippen LogP) is 1.34. The minimum absolute atomic E-state index is 0.207. The summed E-state index contributed by atoms with van der Waals surface area (Å²) >= 11 is 0. The van der Waals surface area contributed by atoms with Gasteiger partial charge in [-0.3, -0.25) is 9.59 Å². The number of carboxylic acid groups (broad SMARTS) is 1. The molecule has 0 radical (unpaired) electrons. The normalized spacial score (nSPS) is 21.9. The number of aliphatic carboxylic acids is 1. The van der Waals surface area contributed by atoms with Crippen LogP contribution < -0.4 is 4.74 Å².